The summed E-state index contributed by atoms with van der Waals surface area (Å²) in [6.45, 7) is 7.40. The first kappa shape index (κ1) is 19.0. The van der Waals surface area contributed by atoms with Crippen molar-refractivity contribution < 1.29 is 9.90 Å². The molecule has 2 rings (SSSR count). The summed E-state index contributed by atoms with van der Waals surface area (Å²) in [5.74, 6) is 0.536. The van der Waals surface area contributed by atoms with Crippen molar-refractivity contribution in [2.75, 3.05) is 25.0 Å². The number of aromatic nitrogens is 2. The summed E-state index contributed by atoms with van der Waals surface area (Å²) >= 11 is 0. The third-order valence-electron chi connectivity index (χ3n) is 4.06. The number of nitrogens with zero attached hydrogens (tertiary/aromatic N) is 3. The minimum atomic E-state index is -0.171. The summed E-state index contributed by atoms with van der Waals surface area (Å²) in [7, 11) is 0. The van der Waals surface area contributed by atoms with E-state index in [1.807, 2.05) is 48.9 Å². The maximum Gasteiger partial charge on any atom is 0.323 e. The maximum absolute atomic E-state index is 12.5. The summed E-state index contributed by atoms with van der Waals surface area (Å²) < 4.78 is 1.82. The van der Waals surface area contributed by atoms with E-state index in [4.69, 9.17) is 5.11 Å². The molecule has 2 N–H and O–H groups in total. The lowest BCUT2D eigenvalue weighted by Gasteiger charge is -2.22. The Morgan fingerprint density at radius 3 is 2.52 bits per heavy atom. The topological polar surface area (TPSA) is 70.4 Å². The molecule has 6 nitrogen and oxygen atoms in total. The molecule has 0 bridgehead atoms. The van der Waals surface area contributed by atoms with Crippen LogP contribution in [0.3, 0.4) is 0 Å². The van der Waals surface area contributed by atoms with Crippen LogP contribution in [0.5, 0.6) is 0 Å². The molecular weight excluding hydrogens is 316 g/mol. The number of anilines is 1. The van der Waals surface area contributed by atoms with Crippen molar-refractivity contribution in [3.63, 3.8) is 0 Å². The van der Waals surface area contributed by atoms with Gasteiger partial charge in [-0.25, -0.2) is 9.48 Å². The number of benzene rings is 1. The Balaban J connectivity index is 2.09. The molecule has 2 amide bonds. The highest BCUT2D eigenvalue weighted by Gasteiger charge is 2.15. The number of carbonyl (C=O) groups excluding carboxylic acids is 1. The van der Waals surface area contributed by atoms with Gasteiger partial charge in [-0.1, -0.05) is 31.0 Å². The van der Waals surface area contributed by atoms with E-state index in [-0.39, 0.29) is 12.6 Å². The van der Waals surface area contributed by atoms with E-state index in [2.05, 4.69) is 17.3 Å². The van der Waals surface area contributed by atoms with E-state index < -0.39 is 0 Å². The van der Waals surface area contributed by atoms with Gasteiger partial charge in [0.15, 0.2) is 5.82 Å². The predicted molar refractivity (Wildman–Crippen MR) is 100 cm³/mol. The first-order chi connectivity index (χ1) is 12.0. The van der Waals surface area contributed by atoms with E-state index in [9.17, 15) is 4.79 Å². The maximum atomic E-state index is 12.5. The highest BCUT2D eigenvalue weighted by Crippen LogP contribution is 2.16. The number of aryl methyl sites for hydroxylation is 2. The van der Waals surface area contributed by atoms with Crippen molar-refractivity contribution in [2.45, 2.75) is 40.0 Å². The molecule has 0 unspecified atom stereocenters. The fourth-order valence-electron chi connectivity index (χ4n) is 2.60. The van der Waals surface area contributed by atoms with Crippen LogP contribution in [0.25, 0.3) is 5.69 Å². The Hall–Kier alpha value is -2.34. The third-order valence-corrected chi connectivity index (χ3v) is 4.06. The number of urea groups is 1. The number of carbonyl (C=O) groups is 1. The molecule has 1 aromatic carbocycles. The molecule has 25 heavy (non-hydrogen) atoms. The Bertz CT molecular complexity index is 671. The van der Waals surface area contributed by atoms with Crippen LogP contribution in [-0.4, -0.2) is 45.5 Å². The molecule has 1 heterocycles. The van der Waals surface area contributed by atoms with Gasteiger partial charge in [-0.05, 0) is 38.8 Å². The number of unbranched alkanes of at least 4 members (excludes halogenated alkanes) is 1. The lowest BCUT2D eigenvalue weighted by atomic mass is 10.2. The molecule has 0 aliphatic carbocycles. The van der Waals surface area contributed by atoms with Crippen molar-refractivity contribution >= 4 is 11.8 Å². The molecule has 0 aliphatic rings. The van der Waals surface area contributed by atoms with Crippen LogP contribution in [0, 0.1) is 13.8 Å². The number of nitrogens with one attached hydrogen (secondary N) is 1. The third kappa shape index (κ3) is 5.32. The van der Waals surface area contributed by atoms with Gasteiger partial charge in [-0.15, -0.1) is 5.10 Å². The Kier molecular flexibility index (Phi) is 7.01. The summed E-state index contributed by atoms with van der Waals surface area (Å²) in [5.41, 5.74) is 3.11. The van der Waals surface area contributed by atoms with Gasteiger partial charge >= 0.3 is 6.03 Å². The molecule has 0 fully saturated rings. The average Bonchev–Trinajstić information content (AvgIpc) is 2.96. The Morgan fingerprint density at radius 2 is 1.88 bits per heavy atom. The molecule has 6 heteroatoms. The first-order valence-corrected chi connectivity index (χ1v) is 8.85. The molecule has 0 atom stereocenters. The van der Waals surface area contributed by atoms with Crippen LogP contribution >= 0.6 is 0 Å². The van der Waals surface area contributed by atoms with Gasteiger partial charge in [-0.2, -0.15) is 0 Å². The fourth-order valence-corrected chi connectivity index (χ4v) is 2.60. The van der Waals surface area contributed by atoms with Crippen molar-refractivity contribution in [3.8, 4) is 5.69 Å². The summed E-state index contributed by atoms with van der Waals surface area (Å²) in [4.78, 5) is 14.2. The van der Waals surface area contributed by atoms with Gasteiger partial charge in [-0.3, -0.25) is 5.32 Å². The SMILES string of the molecule is CCCCN(CCCO)C(=O)Nc1cc(C)n(-c2ccc(C)cc2)n1. The van der Waals surface area contributed by atoms with E-state index in [1.165, 1.54) is 5.56 Å². The highest BCUT2D eigenvalue weighted by atomic mass is 16.3. The van der Waals surface area contributed by atoms with E-state index in [0.717, 1.165) is 24.2 Å². The van der Waals surface area contributed by atoms with Gasteiger partial charge < -0.3 is 10.0 Å². The monoisotopic (exact) mass is 344 g/mol. The molecule has 1 aromatic heterocycles. The summed E-state index contributed by atoms with van der Waals surface area (Å²) in [5, 5.41) is 16.4. The van der Waals surface area contributed by atoms with Gasteiger partial charge in [0.25, 0.3) is 0 Å². The molecule has 0 aliphatic heterocycles. The summed E-state index contributed by atoms with van der Waals surface area (Å²) in [6.07, 6.45) is 2.54. The van der Waals surface area contributed by atoms with Crippen LogP contribution in [0.4, 0.5) is 10.6 Å². The van der Waals surface area contributed by atoms with Crippen LogP contribution in [-0.2, 0) is 0 Å². The number of amides is 2. The zero-order valence-electron chi connectivity index (χ0n) is 15.3. The standard InChI is InChI=1S/C19H28N4O2/c1-4-5-11-22(12-6-13-24)19(25)20-18-14-16(3)23(21-18)17-9-7-15(2)8-10-17/h7-10,14,24H,4-6,11-13H2,1-3H3,(H,20,21,25). The van der Waals surface area contributed by atoms with Crippen molar-refractivity contribution in [3.05, 3.63) is 41.6 Å². The van der Waals surface area contributed by atoms with Gasteiger partial charge in [0, 0.05) is 31.5 Å². The molecular formula is C19H28N4O2. The van der Waals surface area contributed by atoms with Crippen LogP contribution < -0.4 is 5.32 Å². The van der Waals surface area contributed by atoms with Gasteiger partial charge in [0.1, 0.15) is 0 Å². The van der Waals surface area contributed by atoms with E-state index in [0.29, 0.717) is 25.3 Å². The molecule has 2 aromatic rings. The second-order valence-corrected chi connectivity index (χ2v) is 6.27. The smallest absolute Gasteiger partial charge is 0.323 e. The zero-order valence-corrected chi connectivity index (χ0v) is 15.3. The second-order valence-electron chi connectivity index (χ2n) is 6.27. The molecule has 136 valence electrons. The fraction of sp³-hybridized carbons (Fsp3) is 0.474. The molecule has 0 spiro atoms. The van der Waals surface area contributed by atoms with E-state index in [1.54, 1.807) is 4.90 Å². The van der Waals surface area contributed by atoms with Crippen LogP contribution in [0.1, 0.15) is 37.4 Å². The van der Waals surface area contributed by atoms with E-state index >= 15 is 0 Å². The molecule has 0 saturated heterocycles. The number of rotatable bonds is 8. The minimum absolute atomic E-state index is 0.0804. The van der Waals surface area contributed by atoms with Gasteiger partial charge in [0.2, 0.25) is 0 Å². The van der Waals surface area contributed by atoms with Crippen molar-refractivity contribution in [2.24, 2.45) is 0 Å². The highest BCUT2D eigenvalue weighted by molar-refractivity contribution is 5.88. The second kappa shape index (κ2) is 9.22. The Morgan fingerprint density at radius 1 is 1.20 bits per heavy atom. The average molecular weight is 344 g/mol. The normalized spacial score (nSPS) is 10.7. The molecule has 0 radical (unpaired) electrons. The summed E-state index contributed by atoms with van der Waals surface area (Å²) in [6, 6.07) is 9.79. The first-order valence-electron chi connectivity index (χ1n) is 8.85. The number of aliphatic hydroxyl groups excluding tert-OH is 1. The minimum Gasteiger partial charge on any atom is -0.396 e. The largest absolute Gasteiger partial charge is 0.396 e. The van der Waals surface area contributed by atoms with Crippen LogP contribution in [0.2, 0.25) is 0 Å². The Labute approximate surface area is 149 Å². The van der Waals surface area contributed by atoms with Crippen molar-refractivity contribution in [1.82, 2.24) is 14.7 Å². The quantitative estimate of drug-likeness (QED) is 0.770. The number of hydrogen-bond acceptors (Lipinski definition) is 3. The van der Waals surface area contributed by atoms with Gasteiger partial charge in [0.05, 0.1) is 5.69 Å². The van der Waals surface area contributed by atoms with Crippen molar-refractivity contribution in [1.29, 1.82) is 0 Å². The lowest BCUT2D eigenvalue weighted by molar-refractivity contribution is 0.201. The zero-order chi connectivity index (χ0) is 18.2. The predicted octanol–water partition coefficient (Wildman–Crippen LogP) is 3.51. The lowest BCUT2D eigenvalue weighted by Crippen LogP contribution is -2.37. The number of aliphatic hydroxyl groups is 1. The van der Waals surface area contributed by atoms with Crippen LogP contribution in [0.15, 0.2) is 30.3 Å². The molecule has 0 saturated carbocycles. The number of hydrogen-bond donors (Lipinski definition) is 2.